The number of benzene rings is 1. The molecule has 1 aromatic carbocycles. The van der Waals surface area contributed by atoms with E-state index in [4.69, 9.17) is 10.5 Å². The van der Waals surface area contributed by atoms with Gasteiger partial charge in [0.05, 0.1) is 29.7 Å². The molecule has 18 heavy (non-hydrogen) atoms. The van der Waals surface area contributed by atoms with Crippen LogP contribution in [0.2, 0.25) is 0 Å². The number of hydrogen-bond donors (Lipinski definition) is 1. The Bertz CT molecular complexity index is 575. The summed E-state index contributed by atoms with van der Waals surface area (Å²) >= 11 is 0. The number of carbonyl (C=O) groups is 1. The molecule has 0 aliphatic carbocycles. The molecule has 5 heteroatoms. The van der Waals surface area contributed by atoms with Gasteiger partial charge < -0.3 is 10.5 Å². The molecule has 0 spiro atoms. The van der Waals surface area contributed by atoms with E-state index < -0.39 is 5.97 Å². The van der Waals surface area contributed by atoms with Crippen LogP contribution >= 0.6 is 0 Å². The smallest absolute Gasteiger partial charge is 0.340 e. The molecule has 2 N–H and O–H groups in total. The molecule has 0 radical (unpaired) electrons. The van der Waals surface area contributed by atoms with Crippen molar-refractivity contribution in [2.24, 2.45) is 0 Å². The summed E-state index contributed by atoms with van der Waals surface area (Å²) in [5.74, 6) is -0.416. The van der Waals surface area contributed by atoms with E-state index in [9.17, 15) is 4.79 Å². The number of para-hydroxylation sites is 1. The molecule has 94 valence electrons. The van der Waals surface area contributed by atoms with Crippen LogP contribution in [0.1, 0.15) is 22.8 Å². The van der Waals surface area contributed by atoms with Gasteiger partial charge in [-0.2, -0.15) is 5.10 Å². The van der Waals surface area contributed by atoms with Crippen LogP contribution in [0.5, 0.6) is 0 Å². The van der Waals surface area contributed by atoms with Gasteiger partial charge in [-0.3, -0.25) is 0 Å². The second-order valence-corrected chi connectivity index (χ2v) is 3.92. The molecule has 0 fully saturated rings. The van der Waals surface area contributed by atoms with Crippen LogP contribution in [0, 0.1) is 6.92 Å². The first-order valence-electron chi connectivity index (χ1n) is 5.70. The van der Waals surface area contributed by atoms with Crippen molar-refractivity contribution in [3.05, 3.63) is 41.7 Å². The summed E-state index contributed by atoms with van der Waals surface area (Å²) in [5, 5.41) is 4.18. The highest BCUT2D eigenvalue weighted by Gasteiger charge is 2.14. The number of esters is 1. The largest absolute Gasteiger partial charge is 0.462 e. The number of carbonyl (C=O) groups excluding carboxylic acids is 1. The van der Waals surface area contributed by atoms with E-state index in [-0.39, 0.29) is 0 Å². The van der Waals surface area contributed by atoms with Crippen molar-refractivity contribution in [1.29, 1.82) is 0 Å². The number of anilines is 1. The molecule has 0 aliphatic heterocycles. The number of aryl methyl sites for hydroxylation is 1. The molecule has 2 aromatic rings. The molecule has 1 aromatic heterocycles. The molecule has 2 rings (SSSR count). The molecular weight excluding hydrogens is 230 g/mol. The molecule has 5 nitrogen and oxygen atoms in total. The van der Waals surface area contributed by atoms with E-state index in [1.54, 1.807) is 29.9 Å². The number of aromatic nitrogens is 2. The van der Waals surface area contributed by atoms with Crippen molar-refractivity contribution in [1.82, 2.24) is 9.78 Å². The van der Waals surface area contributed by atoms with Crippen LogP contribution in [0.25, 0.3) is 5.69 Å². The minimum Gasteiger partial charge on any atom is -0.462 e. The number of nitrogen functional groups attached to an aromatic ring is 1. The first-order chi connectivity index (χ1) is 8.63. The highest BCUT2D eigenvalue weighted by Crippen LogP contribution is 2.22. The first kappa shape index (κ1) is 12.2. The maximum Gasteiger partial charge on any atom is 0.340 e. The van der Waals surface area contributed by atoms with Crippen LogP contribution in [-0.2, 0) is 4.74 Å². The summed E-state index contributed by atoms with van der Waals surface area (Å²) in [7, 11) is 0. The predicted molar refractivity (Wildman–Crippen MR) is 68.7 cm³/mol. The Morgan fingerprint density at radius 1 is 1.50 bits per heavy atom. The monoisotopic (exact) mass is 245 g/mol. The second-order valence-electron chi connectivity index (χ2n) is 3.92. The van der Waals surface area contributed by atoms with Crippen LogP contribution in [0.3, 0.4) is 0 Å². The average molecular weight is 245 g/mol. The van der Waals surface area contributed by atoms with Crippen molar-refractivity contribution >= 4 is 11.7 Å². The zero-order valence-corrected chi connectivity index (χ0v) is 10.4. The number of ether oxygens (including phenoxy) is 1. The number of nitrogens with zero attached hydrogens (tertiary/aromatic N) is 2. The van der Waals surface area contributed by atoms with Gasteiger partial charge in [0.2, 0.25) is 0 Å². The zero-order valence-electron chi connectivity index (χ0n) is 10.4. The summed E-state index contributed by atoms with van der Waals surface area (Å²) in [6.07, 6.45) is 3.58. The van der Waals surface area contributed by atoms with Crippen LogP contribution in [-0.4, -0.2) is 22.4 Å². The van der Waals surface area contributed by atoms with Gasteiger partial charge in [0.25, 0.3) is 0 Å². The number of nitrogens with two attached hydrogens (primary N) is 1. The van der Waals surface area contributed by atoms with E-state index in [0.29, 0.717) is 23.5 Å². The Hall–Kier alpha value is -2.30. The van der Waals surface area contributed by atoms with Crippen molar-refractivity contribution in [3.63, 3.8) is 0 Å². The molecular formula is C13H15N3O2. The van der Waals surface area contributed by atoms with E-state index in [2.05, 4.69) is 5.10 Å². The van der Waals surface area contributed by atoms with Gasteiger partial charge in [0.15, 0.2) is 0 Å². The van der Waals surface area contributed by atoms with E-state index in [1.165, 1.54) is 0 Å². The molecule has 0 atom stereocenters. The Balaban J connectivity index is 2.45. The Kier molecular flexibility index (Phi) is 3.32. The topological polar surface area (TPSA) is 70.1 Å². The molecule has 1 heterocycles. The van der Waals surface area contributed by atoms with Gasteiger partial charge >= 0.3 is 5.97 Å². The first-order valence-corrected chi connectivity index (χ1v) is 5.70. The Morgan fingerprint density at radius 3 is 2.89 bits per heavy atom. The third kappa shape index (κ3) is 2.20. The Labute approximate surface area is 105 Å². The zero-order chi connectivity index (χ0) is 13.1. The number of hydrogen-bond acceptors (Lipinski definition) is 4. The minimum absolute atomic E-state index is 0.323. The lowest BCUT2D eigenvalue weighted by atomic mass is 10.1. The van der Waals surface area contributed by atoms with Gasteiger partial charge in [-0.25, -0.2) is 9.48 Å². The minimum atomic E-state index is -0.416. The fourth-order valence-electron chi connectivity index (χ4n) is 1.68. The third-order valence-electron chi connectivity index (χ3n) is 2.54. The van der Waals surface area contributed by atoms with Crippen LogP contribution in [0.15, 0.2) is 30.6 Å². The van der Waals surface area contributed by atoms with Gasteiger partial charge in [-0.15, -0.1) is 0 Å². The molecule has 0 bridgehead atoms. The van der Waals surface area contributed by atoms with Crippen molar-refractivity contribution in [3.8, 4) is 5.69 Å². The average Bonchev–Trinajstić information content (AvgIpc) is 2.76. The fraction of sp³-hybridized carbons (Fsp3) is 0.231. The normalized spacial score (nSPS) is 10.3. The predicted octanol–water partition coefficient (Wildman–Crippen LogP) is 1.94. The lowest BCUT2D eigenvalue weighted by molar-refractivity contribution is 0.0527. The van der Waals surface area contributed by atoms with Crippen molar-refractivity contribution in [2.45, 2.75) is 13.8 Å². The van der Waals surface area contributed by atoms with E-state index in [1.807, 2.05) is 19.2 Å². The summed E-state index contributed by atoms with van der Waals surface area (Å²) in [5.41, 5.74) is 8.43. The molecule has 0 unspecified atom stereocenters. The van der Waals surface area contributed by atoms with Crippen LogP contribution in [0.4, 0.5) is 5.69 Å². The molecule has 0 aliphatic rings. The lowest BCUT2D eigenvalue weighted by Gasteiger charge is -2.10. The maximum absolute atomic E-state index is 11.7. The lowest BCUT2D eigenvalue weighted by Crippen LogP contribution is -2.10. The molecule has 0 saturated carbocycles. The van der Waals surface area contributed by atoms with Gasteiger partial charge in [-0.1, -0.05) is 6.07 Å². The fourth-order valence-corrected chi connectivity index (χ4v) is 1.68. The summed E-state index contributed by atoms with van der Waals surface area (Å²) in [6, 6.07) is 5.21. The second kappa shape index (κ2) is 4.91. The quantitative estimate of drug-likeness (QED) is 0.662. The summed E-state index contributed by atoms with van der Waals surface area (Å²) in [4.78, 5) is 11.7. The highest BCUT2D eigenvalue weighted by atomic mass is 16.5. The van der Waals surface area contributed by atoms with Crippen molar-refractivity contribution < 1.29 is 9.53 Å². The van der Waals surface area contributed by atoms with Gasteiger partial charge in [0, 0.05) is 6.20 Å². The third-order valence-corrected chi connectivity index (χ3v) is 2.54. The van der Waals surface area contributed by atoms with E-state index in [0.717, 1.165) is 5.56 Å². The Morgan fingerprint density at radius 2 is 2.28 bits per heavy atom. The van der Waals surface area contributed by atoms with Gasteiger partial charge in [-0.05, 0) is 31.5 Å². The molecule has 0 amide bonds. The number of rotatable bonds is 3. The van der Waals surface area contributed by atoms with E-state index >= 15 is 0 Å². The van der Waals surface area contributed by atoms with Gasteiger partial charge in [0.1, 0.15) is 0 Å². The SMILES string of the molecule is CCOC(=O)c1cccc(-n2cc(C)cn2)c1N. The highest BCUT2D eigenvalue weighted by molar-refractivity contribution is 5.97. The molecule has 0 saturated heterocycles. The van der Waals surface area contributed by atoms with Crippen LogP contribution < -0.4 is 5.73 Å². The summed E-state index contributed by atoms with van der Waals surface area (Å²) < 4.78 is 6.60. The standard InChI is InChI=1S/C13H15N3O2/c1-3-18-13(17)10-5-4-6-11(12(10)14)16-8-9(2)7-15-16/h4-8H,3,14H2,1-2H3. The van der Waals surface area contributed by atoms with Crippen molar-refractivity contribution in [2.75, 3.05) is 12.3 Å². The maximum atomic E-state index is 11.7. The summed E-state index contributed by atoms with van der Waals surface area (Å²) in [6.45, 7) is 4.02.